The van der Waals surface area contributed by atoms with Crippen molar-refractivity contribution in [2.45, 2.75) is 6.92 Å². The second-order valence-corrected chi connectivity index (χ2v) is 4.23. The number of nitrogens with one attached hydrogen (secondary N) is 1. The molecule has 0 saturated heterocycles. The average Bonchev–Trinajstić information content (AvgIpc) is 2.67. The highest BCUT2D eigenvalue weighted by Gasteiger charge is 2.03. The predicted octanol–water partition coefficient (Wildman–Crippen LogP) is 2.79. The van der Waals surface area contributed by atoms with Crippen molar-refractivity contribution >= 4 is 27.8 Å². The maximum Gasteiger partial charge on any atom is 0.187 e. The van der Waals surface area contributed by atoms with Gasteiger partial charge in [0.2, 0.25) is 0 Å². The fourth-order valence-corrected chi connectivity index (χ4v) is 2.03. The molecule has 1 aromatic carbocycles. The molecule has 3 N–H and O–H groups in total. The number of anilines is 3. The van der Waals surface area contributed by atoms with Gasteiger partial charge < -0.3 is 15.8 Å². The van der Waals surface area contributed by atoms with Crippen LogP contribution < -0.4 is 15.8 Å². The van der Waals surface area contributed by atoms with Crippen LogP contribution >= 0.6 is 11.3 Å². The Morgan fingerprint density at radius 2 is 2.25 bits per heavy atom. The summed E-state index contributed by atoms with van der Waals surface area (Å²) in [6, 6.07) is 5.56. The first-order chi connectivity index (χ1) is 7.69. The predicted molar refractivity (Wildman–Crippen MR) is 67.5 cm³/mol. The summed E-state index contributed by atoms with van der Waals surface area (Å²) >= 11 is 1.57. The molecule has 1 heterocycles. The number of hydrogen-bond donors (Lipinski definition) is 2. The number of methoxy groups -OCH3 is 1. The molecule has 0 aliphatic heterocycles. The van der Waals surface area contributed by atoms with Gasteiger partial charge in [0.05, 0.1) is 18.5 Å². The second kappa shape index (κ2) is 4.40. The number of nitrogen functional groups attached to an aromatic ring is 1. The molecule has 16 heavy (non-hydrogen) atoms. The SMILES string of the molecule is COc1cc(Nc2nc(C)cs2)ccc1N. The monoisotopic (exact) mass is 235 g/mol. The summed E-state index contributed by atoms with van der Waals surface area (Å²) in [5.74, 6) is 0.665. The lowest BCUT2D eigenvalue weighted by atomic mass is 10.2. The van der Waals surface area contributed by atoms with Crippen LogP contribution in [0.4, 0.5) is 16.5 Å². The summed E-state index contributed by atoms with van der Waals surface area (Å²) in [6.07, 6.45) is 0. The van der Waals surface area contributed by atoms with Gasteiger partial charge in [0.15, 0.2) is 5.13 Å². The molecule has 0 unspecified atom stereocenters. The van der Waals surface area contributed by atoms with E-state index in [1.165, 1.54) is 0 Å². The fourth-order valence-electron chi connectivity index (χ4n) is 1.32. The molecule has 84 valence electrons. The molecule has 0 aliphatic rings. The number of thiazole rings is 1. The van der Waals surface area contributed by atoms with Crippen LogP contribution in [0.2, 0.25) is 0 Å². The Bertz CT molecular complexity index is 496. The van der Waals surface area contributed by atoms with Crippen LogP contribution in [0.5, 0.6) is 5.75 Å². The maximum atomic E-state index is 5.73. The summed E-state index contributed by atoms with van der Waals surface area (Å²) in [6.45, 7) is 1.96. The molecule has 0 amide bonds. The number of hydrogen-bond acceptors (Lipinski definition) is 5. The van der Waals surface area contributed by atoms with Gasteiger partial charge in [0.1, 0.15) is 5.75 Å². The van der Waals surface area contributed by atoms with Crippen molar-refractivity contribution in [3.8, 4) is 5.75 Å². The summed E-state index contributed by atoms with van der Waals surface area (Å²) in [5, 5.41) is 6.06. The van der Waals surface area contributed by atoms with Crippen molar-refractivity contribution in [3.05, 3.63) is 29.3 Å². The van der Waals surface area contributed by atoms with Crippen molar-refractivity contribution in [1.29, 1.82) is 0 Å². The Morgan fingerprint density at radius 3 is 2.88 bits per heavy atom. The van der Waals surface area contributed by atoms with Gasteiger partial charge in [-0.25, -0.2) is 4.98 Å². The van der Waals surface area contributed by atoms with Gasteiger partial charge in [-0.15, -0.1) is 11.3 Å². The molecule has 5 heteroatoms. The molecular weight excluding hydrogens is 222 g/mol. The smallest absolute Gasteiger partial charge is 0.187 e. The molecule has 0 aliphatic carbocycles. The van der Waals surface area contributed by atoms with Crippen LogP contribution in [-0.2, 0) is 0 Å². The molecule has 2 rings (SSSR count). The van der Waals surface area contributed by atoms with E-state index < -0.39 is 0 Å². The van der Waals surface area contributed by atoms with Gasteiger partial charge >= 0.3 is 0 Å². The lowest BCUT2D eigenvalue weighted by molar-refractivity contribution is 0.417. The fraction of sp³-hybridized carbons (Fsp3) is 0.182. The largest absolute Gasteiger partial charge is 0.495 e. The molecule has 0 fully saturated rings. The van der Waals surface area contributed by atoms with Crippen LogP contribution in [-0.4, -0.2) is 12.1 Å². The van der Waals surface area contributed by atoms with E-state index >= 15 is 0 Å². The third-order valence-electron chi connectivity index (χ3n) is 2.10. The number of nitrogens with two attached hydrogens (primary N) is 1. The van der Waals surface area contributed by atoms with Gasteiger partial charge in [0, 0.05) is 17.1 Å². The second-order valence-electron chi connectivity index (χ2n) is 3.38. The quantitative estimate of drug-likeness (QED) is 0.803. The lowest BCUT2D eigenvalue weighted by Gasteiger charge is -2.07. The number of rotatable bonds is 3. The number of aromatic nitrogens is 1. The van der Waals surface area contributed by atoms with Gasteiger partial charge in [-0.3, -0.25) is 0 Å². The summed E-state index contributed by atoms with van der Waals surface area (Å²) in [7, 11) is 1.60. The standard InChI is InChI=1S/C11H13N3OS/c1-7-6-16-11(13-7)14-8-3-4-9(12)10(5-8)15-2/h3-6H,12H2,1-2H3,(H,13,14). The van der Waals surface area contributed by atoms with Crippen LogP contribution in [0.3, 0.4) is 0 Å². The zero-order valence-electron chi connectivity index (χ0n) is 9.15. The van der Waals surface area contributed by atoms with Gasteiger partial charge in [-0.05, 0) is 19.1 Å². The first-order valence-electron chi connectivity index (χ1n) is 4.81. The van der Waals surface area contributed by atoms with E-state index in [9.17, 15) is 0 Å². The Kier molecular flexibility index (Phi) is 2.96. The van der Waals surface area contributed by atoms with Crippen molar-refractivity contribution < 1.29 is 4.74 Å². The Labute approximate surface area is 98.1 Å². The third kappa shape index (κ3) is 2.25. The van der Waals surface area contributed by atoms with Gasteiger partial charge in [-0.1, -0.05) is 0 Å². The normalized spacial score (nSPS) is 10.1. The van der Waals surface area contributed by atoms with Crippen molar-refractivity contribution in [2.75, 3.05) is 18.2 Å². The van der Waals surface area contributed by atoms with Crippen molar-refractivity contribution in [2.24, 2.45) is 0 Å². The van der Waals surface area contributed by atoms with Crippen molar-refractivity contribution in [1.82, 2.24) is 4.98 Å². The van der Waals surface area contributed by atoms with Crippen LogP contribution in [0.1, 0.15) is 5.69 Å². The average molecular weight is 235 g/mol. The summed E-state index contributed by atoms with van der Waals surface area (Å²) in [4.78, 5) is 4.32. The lowest BCUT2D eigenvalue weighted by Crippen LogP contribution is -1.95. The molecular formula is C11H13N3OS. The maximum absolute atomic E-state index is 5.73. The topological polar surface area (TPSA) is 60.2 Å². The minimum Gasteiger partial charge on any atom is -0.495 e. The minimum absolute atomic E-state index is 0.628. The zero-order chi connectivity index (χ0) is 11.5. The van der Waals surface area contributed by atoms with Crippen molar-refractivity contribution in [3.63, 3.8) is 0 Å². The van der Waals surface area contributed by atoms with E-state index in [2.05, 4.69) is 10.3 Å². The molecule has 0 radical (unpaired) electrons. The zero-order valence-corrected chi connectivity index (χ0v) is 9.97. The van der Waals surface area contributed by atoms with Crippen LogP contribution in [0.25, 0.3) is 0 Å². The molecule has 4 nitrogen and oxygen atoms in total. The van der Waals surface area contributed by atoms with Crippen LogP contribution in [0.15, 0.2) is 23.6 Å². The Hall–Kier alpha value is -1.75. The minimum atomic E-state index is 0.628. The summed E-state index contributed by atoms with van der Waals surface area (Å²) < 4.78 is 5.15. The molecule has 0 bridgehead atoms. The Morgan fingerprint density at radius 1 is 1.44 bits per heavy atom. The highest BCUT2D eigenvalue weighted by Crippen LogP contribution is 2.28. The van der Waals surface area contributed by atoms with E-state index in [1.807, 2.05) is 30.5 Å². The van der Waals surface area contributed by atoms with E-state index in [1.54, 1.807) is 18.4 Å². The number of ether oxygens (including phenoxy) is 1. The first kappa shape index (κ1) is 10.8. The van der Waals surface area contributed by atoms with Crippen LogP contribution in [0, 0.1) is 6.92 Å². The molecule has 0 saturated carbocycles. The highest BCUT2D eigenvalue weighted by molar-refractivity contribution is 7.13. The molecule has 2 aromatic rings. The number of aryl methyl sites for hydroxylation is 1. The summed E-state index contributed by atoms with van der Waals surface area (Å²) in [5.41, 5.74) is 8.29. The molecule has 0 atom stereocenters. The molecule has 0 spiro atoms. The Balaban J connectivity index is 2.21. The van der Waals surface area contributed by atoms with E-state index in [4.69, 9.17) is 10.5 Å². The van der Waals surface area contributed by atoms with E-state index in [0.717, 1.165) is 16.5 Å². The van der Waals surface area contributed by atoms with E-state index in [0.29, 0.717) is 11.4 Å². The third-order valence-corrected chi connectivity index (χ3v) is 2.98. The number of benzene rings is 1. The molecule has 1 aromatic heterocycles. The highest BCUT2D eigenvalue weighted by atomic mass is 32.1. The first-order valence-corrected chi connectivity index (χ1v) is 5.69. The van der Waals surface area contributed by atoms with E-state index in [-0.39, 0.29) is 0 Å². The van der Waals surface area contributed by atoms with Gasteiger partial charge in [0.25, 0.3) is 0 Å². The number of nitrogens with zero attached hydrogens (tertiary/aromatic N) is 1. The van der Waals surface area contributed by atoms with Gasteiger partial charge in [-0.2, -0.15) is 0 Å².